The molecule has 0 bridgehead atoms. The van der Waals surface area contributed by atoms with Gasteiger partial charge >= 0.3 is 5.97 Å². The lowest BCUT2D eigenvalue weighted by Gasteiger charge is -2.17. The Hall–Kier alpha value is -2.76. The number of carbonyl (C=O) groups excluding carboxylic acids is 4. The van der Waals surface area contributed by atoms with Crippen LogP contribution in [0.15, 0.2) is 42.0 Å². The molecule has 0 radical (unpaired) electrons. The van der Waals surface area contributed by atoms with Gasteiger partial charge in [-0.25, -0.2) is 0 Å². The molecule has 1 aliphatic rings. The maximum absolute atomic E-state index is 12.8. The van der Waals surface area contributed by atoms with Crippen molar-refractivity contribution in [3.05, 3.63) is 47.5 Å². The molecule has 138 valence electrons. The van der Waals surface area contributed by atoms with Crippen LogP contribution in [0.4, 0.5) is 0 Å². The van der Waals surface area contributed by atoms with E-state index in [-0.39, 0.29) is 18.6 Å². The third-order valence-corrected chi connectivity index (χ3v) is 4.19. The molecule has 26 heavy (non-hydrogen) atoms. The summed E-state index contributed by atoms with van der Waals surface area (Å²) in [7, 11) is 0. The molecule has 0 aromatic heterocycles. The second kappa shape index (κ2) is 9.08. The minimum atomic E-state index is -1.15. The molecular formula is C20H23NO5. The average Bonchev–Trinajstić information content (AvgIpc) is 2.91. The lowest BCUT2D eigenvalue weighted by Crippen LogP contribution is -2.33. The summed E-state index contributed by atoms with van der Waals surface area (Å²) >= 11 is 0. The minimum absolute atomic E-state index is 0.131. The summed E-state index contributed by atoms with van der Waals surface area (Å²) < 4.78 is 5.01. The van der Waals surface area contributed by atoms with Gasteiger partial charge < -0.3 is 4.74 Å². The van der Waals surface area contributed by atoms with Crippen molar-refractivity contribution < 1.29 is 23.9 Å². The van der Waals surface area contributed by atoms with Gasteiger partial charge in [-0.05, 0) is 19.8 Å². The fourth-order valence-corrected chi connectivity index (χ4v) is 2.79. The van der Waals surface area contributed by atoms with Crippen LogP contribution in [0.1, 0.15) is 43.5 Å². The van der Waals surface area contributed by atoms with Gasteiger partial charge in [0.1, 0.15) is 5.92 Å². The number of unbranched alkanes of at least 4 members (excludes halogenated alkanes) is 1. The summed E-state index contributed by atoms with van der Waals surface area (Å²) in [5.41, 5.74) is 0.541. The Bertz CT molecular complexity index is 723. The van der Waals surface area contributed by atoms with E-state index in [2.05, 4.69) is 0 Å². The van der Waals surface area contributed by atoms with Crippen LogP contribution in [0.3, 0.4) is 0 Å². The number of imide groups is 1. The second-order valence-electron chi connectivity index (χ2n) is 6.06. The Balaban J connectivity index is 2.21. The largest absolute Gasteiger partial charge is 0.465 e. The number of carbonyl (C=O) groups is 4. The number of ether oxygens (including phenoxy) is 1. The van der Waals surface area contributed by atoms with Crippen LogP contribution in [0.25, 0.3) is 0 Å². The zero-order valence-electron chi connectivity index (χ0n) is 15.1. The fraction of sp³-hybridized carbons (Fsp3) is 0.400. The summed E-state index contributed by atoms with van der Waals surface area (Å²) in [6, 6.07) is 8.39. The molecule has 1 heterocycles. The molecule has 0 aliphatic carbocycles. The van der Waals surface area contributed by atoms with Gasteiger partial charge in [0, 0.05) is 23.8 Å². The standard InChI is InChI=1S/C20H23NO5/c1-3-5-11-21-17(22)13-15(19(21)24)12-16(20(25)26-4-2)18(23)14-9-7-6-8-10-14/h6-10,13,16H,3-5,11-12H2,1-2H3. The van der Waals surface area contributed by atoms with E-state index < -0.39 is 29.5 Å². The molecule has 0 spiro atoms. The van der Waals surface area contributed by atoms with Crippen LogP contribution in [0.2, 0.25) is 0 Å². The summed E-state index contributed by atoms with van der Waals surface area (Å²) in [6.45, 7) is 4.09. The lowest BCUT2D eigenvalue weighted by molar-refractivity contribution is -0.146. The molecule has 1 unspecified atom stereocenters. The van der Waals surface area contributed by atoms with Crippen molar-refractivity contribution in [2.75, 3.05) is 13.2 Å². The molecule has 0 fully saturated rings. The van der Waals surface area contributed by atoms with E-state index in [4.69, 9.17) is 4.74 Å². The van der Waals surface area contributed by atoms with Crippen LogP contribution >= 0.6 is 0 Å². The number of ketones is 1. The highest BCUT2D eigenvalue weighted by atomic mass is 16.5. The highest BCUT2D eigenvalue weighted by molar-refractivity contribution is 6.17. The smallest absolute Gasteiger partial charge is 0.317 e. The summed E-state index contributed by atoms with van der Waals surface area (Å²) in [5.74, 6) is -3.08. The van der Waals surface area contributed by atoms with Crippen molar-refractivity contribution in [3.63, 3.8) is 0 Å². The van der Waals surface area contributed by atoms with E-state index in [1.807, 2.05) is 6.92 Å². The monoisotopic (exact) mass is 357 g/mol. The van der Waals surface area contributed by atoms with Gasteiger partial charge in [0.15, 0.2) is 5.78 Å². The van der Waals surface area contributed by atoms with E-state index in [9.17, 15) is 19.2 Å². The first-order valence-corrected chi connectivity index (χ1v) is 8.81. The highest BCUT2D eigenvalue weighted by Crippen LogP contribution is 2.24. The minimum Gasteiger partial charge on any atom is -0.465 e. The Morgan fingerprint density at radius 3 is 2.42 bits per heavy atom. The Labute approximate surface area is 152 Å². The van der Waals surface area contributed by atoms with Crippen molar-refractivity contribution >= 4 is 23.6 Å². The maximum atomic E-state index is 12.8. The van der Waals surface area contributed by atoms with Crippen LogP contribution in [0.5, 0.6) is 0 Å². The Morgan fingerprint density at radius 1 is 1.12 bits per heavy atom. The van der Waals surface area contributed by atoms with E-state index in [0.717, 1.165) is 11.3 Å². The maximum Gasteiger partial charge on any atom is 0.317 e. The number of esters is 1. The average molecular weight is 357 g/mol. The lowest BCUT2D eigenvalue weighted by atomic mass is 9.91. The zero-order valence-corrected chi connectivity index (χ0v) is 15.1. The predicted molar refractivity (Wildman–Crippen MR) is 95.2 cm³/mol. The van der Waals surface area contributed by atoms with E-state index in [0.29, 0.717) is 18.5 Å². The Kier molecular flexibility index (Phi) is 6.83. The van der Waals surface area contributed by atoms with Gasteiger partial charge in [-0.3, -0.25) is 24.1 Å². The Morgan fingerprint density at radius 2 is 1.81 bits per heavy atom. The number of amides is 2. The first-order valence-electron chi connectivity index (χ1n) is 8.81. The van der Waals surface area contributed by atoms with Crippen molar-refractivity contribution in [2.24, 2.45) is 5.92 Å². The predicted octanol–water partition coefficient (Wildman–Crippen LogP) is 2.53. The number of rotatable bonds is 9. The molecule has 0 saturated carbocycles. The third-order valence-electron chi connectivity index (χ3n) is 4.19. The molecule has 1 aromatic carbocycles. The van der Waals surface area contributed by atoms with Crippen molar-refractivity contribution in [1.29, 1.82) is 0 Å². The first kappa shape index (κ1) is 19.6. The van der Waals surface area contributed by atoms with Crippen LogP contribution in [0, 0.1) is 5.92 Å². The van der Waals surface area contributed by atoms with Crippen molar-refractivity contribution in [1.82, 2.24) is 4.90 Å². The van der Waals surface area contributed by atoms with E-state index in [1.165, 1.54) is 6.08 Å². The first-order chi connectivity index (χ1) is 12.5. The molecular weight excluding hydrogens is 334 g/mol. The van der Waals surface area contributed by atoms with E-state index in [1.54, 1.807) is 37.3 Å². The molecule has 2 amide bonds. The number of hydrogen-bond donors (Lipinski definition) is 0. The molecule has 6 heteroatoms. The van der Waals surface area contributed by atoms with Gasteiger partial charge in [0.25, 0.3) is 11.8 Å². The van der Waals surface area contributed by atoms with Crippen molar-refractivity contribution in [2.45, 2.75) is 33.1 Å². The number of nitrogens with zero attached hydrogens (tertiary/aromatic N) is 1. The van der Waals surface area contributed by atoms with Gasteiger partial charge in [-0.2, -0.15) is 0 Å². The quantitative estimate of drug-likeness (QED) is 0.294. The topological polar surface area (TPSA) is 80.8 Å². The third kappa shape index (κ3) is 4.45. The van der Waals surface area contributed by atoms with Crippen LogP contribution in [-0.4, -0.2) is 41.6 Å². The van der Waals surface area contributed by atoms with Gasteiger partial charge in [0.2, 0.25) is 0 Å². The SMILES string of the molecule is CCCCN1C(=O)C=C(CC(C(=O)OCC)C(=O)c2ccccc2)C1=O. The molecule has 0 N–H and O–H groups in total. The van der Waals surface area contributed by atoms with Gasteiger partial charge in [0.05, 0.1) is 6.61 Å². The molecule has 6 nitrogen and oxygen atoms in total. The normalized spacial score (nSPS) is 15.0. The van der Waals surface area contributed by atoms with Crippen LogP contribution < -0.4 is 0 Å². The number of benzene rings is 1. The zero-order chi connectivity index (χ0) is 19.1. The molecule has 2 rings (SSSR count). The molecule has 0 saturated heterocycles. The van der Waals surface area contributed by atoms with Crippen LogP contribution in [-0.2, 0) is 19.1 Å². The molecule has 1 atom stereocenters. The van der Waals surface area contributed by atoms with Gasteiger partial charge in [-0.1, -0.05) is 43.7 Å². The molecule has 1 aromatic rings. The second-order valence-corrected chi connectivity index (χ2v) is 6.06. The van der Waals surface area contributed by atoms with Gasteiger partial charge in [-0.15, -0.1) is 0 Å². The summed E-state index contributed by atoms with van der Waals surface area (Å²) in [5, 5.41) is 0. The number of Topliss-reactive ketones (excluding diaryl/α,β-unsaturated/α-hetero) is 1. The summed E-state index contributed by atoms with van der Waals surface area (Å²) in [6.07, 6.45) is 2.65. The highest BCUT2D eigenvalue weighted by Gasteiger charge is 2.36. The molecule has 1 aliphatic heterocycles. The number of hydrogen-bond acceptors (Lipinski definition) is 5. The summed E-state index contributed by atoms with van der Waals surface area (Å²) in [4.78, 5) is 50.7. The van der Waals surface area contributed by atoms with Crippen molar-refractivity contribution in [3.8, 4) is 0 Å². The van der Waals surface area contributed by atoms with E-state index >= 15 is 0 Å². The fourth-order valence-electron chi connectivity index (χ4n) is 2.79.